The molecule has 0 fully saturated rings. The second-order valence-electron chi connectivity index (χ2n) is 9.05. The molecule has 0 N–H and O–H groups in total. The number of alkyl halides is 3. The molecule has 0 saturated heterocycles. The summed E-state index contributed by atoms with van der Waals surface area (Å²) in [6, 6.07) is 23.8. The third-order valence-corrected chi connectivity index (χ3v) is 6.41. The zero-order chi connectivity index (χ0) is 28.1. The van der Waals surface area contributed by atoms with Gasteiger partial charge in [-0.1, -0.05) is 80.6 Å². The van der Waals surface area contributed by atoms with Gasteiger partial charge in [-0.3, -0.25) is 9.79 Å². The summed E-state index contributed by atoms with van der Waals surface area (Å²) >= 11 is 0. The Morgan fingerprint density at radius 3 is 1.89 bits per heavy atom. The highest BCUT2D eigenvalue weighted by atomic mass is 19.4. The molecular formula is C32H35F4NO. The molecule has 0 radical (unpaired) electrons. The van der Waals surface area contributed by atoms with Crippen molar-refractivity contribution in [1.29, 1.82) is 0 Å². The standard InChI is InChI=1S/C18H21F4NO.C14H14/c1-4-15(12(2)24)17(23-3)8-6-5-7-13-9-10-14(11-16(13)19)18(20,21)22;1-12(13-8-4-2-5-9-13)14-10-6-3-7-11-14/h9-11H,3-8H2,1-2H3;2-12H,1H3/b17-15-;. The number of unbranched alkanes of at least 4 members (excludes halogenated alkanes) is 1. The Morgan fingerprint density at radius 2 is 1.47 bits per heavy atom. The summed E-state index contributed by atoms with van der Waals surface area (Å²) in [6.07, 6.45) is -1.89. The fourth-order valence-corrected chi connectivity index (χ4v) is 4.19. The minimum absolute atomic E-state index is 0.0475. The molecule has 3 rings (SSSR count). The molecule has 0 bridgehead atoms. The lowest BCUT2D eigenvalue weighted by Crippen LogP contribution is -2.06. The van der Waals surface area contributed by atoms with E-state index in [-0.39, 0.29) is 11.3 Å². The minimum Gasteiger partial charge on any atom is -0.295 e. The van der Waals surface area contributed by atoms with Crippen LogP contribution < -0.4 is 0 Å². The van der Waals surface area contributed by atoms with Crippen molar-refractivity contribution in [2.45, 2.75) is 65.0 Å². The molecule has 0 spiro atoms. The van der Waals surface area contributed by atoms with Gasteiger partial charge in [-0.15, -0.1) is 0 Å². The third-order valence-electron chi connectivity index (χ3n) is 6.41. The highest BCUT2D eigenvalue weighted by molar-refractivity contribution is 5.94. The first kappa shape index (κ1) is 30.7. The molecule has 3 aromatic rings. The van der Waals surface area contributed by atoms with Crippen LogP contribution in [0.5, 0.6) is 0 Å². The van der Waals surface area contributed by atoms with Crippen LogP contribution in [0.25, 0.3) is 0 Å². The topological polar surface area (TPSA) is 29.4 Å². The number of allylic oxidation sites excluding steroid dienone is 2. The number of hydrogen-bond acceptors (Lipinski definition) is 2. The summed E-state index contributed by atoms with van der Waals surface area (Å²) in [4.78, 5) is 15.4. The van der Waals surface area contributed by atoms with E-state index in [1.165, 1.54) is 24.1 Å². The molecule has 0 aliphatic carbocycles. The lowest BCUT2D eigenvalue weighted by molar-refractivity contribution is -0.137. The quantitative estimate of drug-likeness (QED) is 0.112. The molecule has 0 aromatic heterocycles. The third kappa shape index (κ3) is 9.40. The van der Waals surface area contributed by atoms with Crippen LogP contribution in [0.4, 0.5) is 17.6 Å². The number of aryl methyl sites for hydroxylation is 1. The Kier molecular flexibility index (Phi) is 12.1. The molecule has 3 aromatic carbocycles. The number of carbonyl (C=O) groups is 1. The number of aliphatic imine (C=N–C) groups is 1. The van der Waals surface area contributed by atoms with Crippen LogP contribution in [0.15, 0.2) is 95.1 Å². The van der Waals surface area contributed by atoms with Gasteiger partial charge in [-0.25, -0.2) is 4.39 Å². The Labute approximate surface area is 223 Å². The number of nitrogens with zero attached hydrogens (tertiary/aromatic N) is 1. The van der Waals surface area contributed by atoms with E-state index in [0.29, 0.717) is 55.4 Å². The van der Waals surface area contributed by atoms with E-state index in [1.54, 1.807) is 0 Å². The van der Waals surface area contributed by atoms with E-state index in [4.69, 9.17) is 0 Å². The zero-order valence-corrected chi connectivity index (χ0v) is 22.2. The molecule has 0 saturated carbocycles. The SMILES string of the molecule is C=N/C(CCCCc1ccc(C(F)(F)F)cc1F)=C(/CC)C(C)=O.CC(c1ccccc1)c1ccccc1. The molecular weight excluding hydrogens is 490 g/mol. The maximum atomic E-state index is 13.7. The van der Waals surface area contributed by atoms with Gasteiger partial charge in [0.15, 0.2) is 5.78 Å². The van der Waals surface area contributed by atoms with Crippen LogP contribution in [0, 0.1) is 5.82 Å². The first-order chi connectivity index (χ1) is 18.1. The largest absolute Gasteiger partial charge is 0.416 e. The van der Waals surface area contributed by atoms with Gasteiger partial charge >= 0.3 is 6.18 Å². The van der Waals surface area contributed by atoms with E-state index in [0.717, 1.165) is 6.07 Å². The lowest BCUT2D eigenvalue weighted by Gasteiger charge is -2.11. The van der Waals surface area contributed by atoms with Crippen molar-refractivity contribution in [3.05, 3.63) is 118 Å². The van der Waals surface area contributed by atoms with Crippen molar-refractivity contribution in [3.8, 4) is 0 Å². The van der Waals surface area contributed by atoms with Gasteiger partial charge in [0.1, 0.15) is 5.82 Å². The summed E-state index contributed by atoms with van der Waals surface area (Å²) < 4.78 is 51.2. The summed E-state index contributed by atoms with van der Waals surface area (Å²) in [5.74, 6) is -0.411. The number of carbonyl (C=O) groups excluding carboxylic acids is 1. The van der Waals surface area contributed by atoms with E-state index < -0.39 is 17.6 Å². The van der Waals surface area contributed by atoms with Gasteiger partial charge < -0.3 is 0 Å². The summed E-state index contributed by atoms with van der Waals surface area (Å²) in [5, 5.41) is 0. The van der Waals surface area contributed by atoms with Gasteiger partial charge in [0.2, 0.25) is 0 Å². The predicted octanol–water partition coefficient (Wildman–Crippen LogP) is 9.35. The Balaban J connectivity index is 0.000000304. The van der Waals surface area contributed by atoms with Crippen molar-refractivity contribution >= 4 is 12.5 Å². The van der Waals surface area contributed by atoms with Crippen LogP contribution in [-0.4, -0.2) is 12.5 Å². The molecule has 0 aliphatic rings. The molecule has 38 heavy (non-hydrogen) atoms. The van der Waals surface area contributed by atoms with Crippen LogP contribution in [0.2, 0.25) is 0 Å². The van der Waals surface area contributed by atoms with E-state index in [1.807, 2.05) is 6.92 Å². The summed E-state index contributed by atoms with van der Waals surface area (Å²) in [6.45, 7) is 9.04. The second-order valence-corrected chi connectivity index (χ2v) is 9.05. The average molecular weight is 526 g/mol. The maximum Gasteiger partial charge on any atom is 0.416 e. The van der Waals surface area contributed by atoms with Gasteiger partial charge in [0.25, 0.3) is 0 Å². The zero-order valence-electron chi connectivity index (χ0n) is 22.2. The smallest absolute Gasteiger partial charge is 0.295 e. The van der Waals surface area contributed by atoms with Crippen LogP contribution in [-0.2, 0) is 17.4 Å². The molecule has 6 heteroatoms. The predicted molar refractivity (Wildman–Crippen MR) is 147 cm³/mol. The van der Waals surface area contributed by atoms with Crippen LogP contribution >= 0.6 is 0 Å². The first-order valence-electron chi connectivity index (χ1n) is 12.7. The maximum absolute atomic E-state index is 13.7. The molecule has 0 atom stereocenters. The van der Waals surface area contributed by atoms with E-state index in [2.05, 4.69) is 79.3 Å². The molecule has 0 heterocycles. The number of Topliss-reactive ketones (excluding diaryl/α,β-unsaturated/α-hetero) is 1. The van der Waals surface area contributed by atoms with Crippen LogP contribution in [0.3, 0.4) is 0 Å². The van der Waals surface area contributed by atoms with Crippen molar-refractivity contribution in [3.63, 3.8) is 0 Å². The molecule has 0 unspecified atom stereocenters. The summed E-state index contributed by atoms with van der Waals surface area (Å²) in [5.41, 5.74) is 3.28. The summed E-state index contributed by atoms with van der Waals surface area (Å²) in [7, 11) is 0. The minimum atomic E-state index is -4.54. The Morgan fingerprint density at radius 1 is 0.921 bits per heavy atom. The van der Waals surface area contributed by atoms with Gasteiger partial charge in [-0.2, -0.15) is 13.2 Å². The average Bonchev–Trinajstić information content (AvgIpc) is 2.91. The normalized spacial score (nSPS) is 11.9. The van der Waals surface area contributed by atoms with Crippen molar-refractivity contribution in [1.82, 2.24) is 0 Å². The second kappa shape index (κ2) is 15.0. The Bertz CT molecular complexity index is 1160. The molecule has 2 nitrogen and oxygen atoms in total. The molecule has 0 aliphatic heterocycles. The van der Waals surface area contributed by atoms with E-state index >= 15 is 0 Å². The number of rotatable bonds is 10. The van der Waals surface area contributed by atoms with Crippen molar-refractivity contribution in [2.24, 2.45) is 4.99 Å². The fourth-order valence-electron chi connectivity index (χ4n) is 4.19. The Hall–Kier alpha value is -3.54. The molecule has 202 valence electrons. The van der Waals surface area contributed by atoms with Gasteiger partial charge in [0, 0.05) is 17.2 Å². The monoisotopic (exact) mass is 525 g/mol. The number of benzene rings is 3. The lowest BCUT2D eigenvalue weighted by atomic mass is 9.93. The highest BCUT2D eigenvalue weighted by Gasteiger charge is 2.31. The van der Waals surface area contributed by atoms with Crippen molar-refractivity contribution < 1.29 is 22.4 Å². The van der Waals surface area contributed by atoms with Crippen LogP contribution in [0.1, 0.15) is 74.6 Å². The number of ketones is 1. The molecule has 0 amide bonds. The first-order valence-corrected chi connectivity index (χ1v) is 12.7. The van der Waals surface area contributed by atoms with E-state index in [9.17, 15) is 22.4 Å². The number of hydrogen-bond donors (Lipinski definition) is 0. The van der Waals surface area contributed by atoms with Crippen molar-refractivity contribution in [2.75, 3.05) is 0 Å². The fraction of sp³-hybridized carbons (Fsp3) is 0.312. The van der Waals surface area contributed by atoms with Gasteiger partial charge in [-0.05, 0) is 74.6 Å². The van der Waals surface area contributed by atoms with Gasteiger partial charge in [0.05, 0.1) is 5.56 Å². The highest BCUT2D eigenvalue weighted by Crippen LogP contribution is 2.30. The number of halogens is 4.